The van der Waals surface area contributed by atoms with Crippen LogP contribution < -0.4 is 4.74 Å². The van der Waals surface area contributed by atoms with Gasteiger partial charge in [0.2, 0.25) is 0 Å². The molecule has 4 rings (SSSR count). The summed E-state index contributed by atoms with van der Waals surface area (Å²) in [5, 5.41) is 5.16. The van der Waals surface area contributed by atoms with Crippen molar-refractivity contribution in [3.05, 3.63) is 49.9 Å². The molecular weight excluding hydrogens is 360 g/mol. The van der Waals surface area contributed by atoms with Crippen LogP contribution in [0.1, 0.15) is 27.7 Å². The summed E-state index contributed by atoms with van der Waals surface area (Å²) in [7, 11) is 0. The van der Waals surface area contributed by atoms with E-state index in [0.717, 1.165) is 51.4 Å². The summed E-state index contributed by atoms with van der Waals surface area (Å²) in [4.78, 5) is 10.5. The molecule has 2 aromatic heterocycles. The third kappa shape index (κ3) is 3.21. The Labute approximate surface area is 154 Å². The standard InChI is InChI=1S/C18H17ClN2OS2/c1-10-18(24-11(2)20-10)15-9-23-17(21-15)6-4-14-8-12-7-13(19)3-5-16(12)22-14/h3,5,7,9,14H,4,6,8H2,1-2H3. The number of hydrogen-bond acceptors (Lipinski definition) is 5. The number of aromatic nitrogens is 2. The van der Waals surface area contributed by atoms with Crippen LogP contribution in [0.4, 0.5) is 0 Å². The number of rotatable bonds is 4. The van der Waals surface area contributed by atoms with Crippen molar-refractivity contribution in [1.82, 2.24) is 9.97 Å². The molecule has 6 heteroatoms. The molecule has 0 radical (unpaired) electrons. The van der Waals surface area contributed by atoms with Crippen LogP contribution in [0, 0.1) is 13.8 Å². The first-order valence-corrected chi connectivity index (χ1v) is 10.00. The first-order chi connectivity index (χ1) is 11.6. The minimum absolute atomic E-state index is 0.221. The molecule has 0 aliphatic carbocycles. The summed E-state index contributed by atoms with van der Waals surface area (Å²) in [5.74, 6) is 0.972. The zero-order valence-corrected chi connectivity index (χ0v) is 15.9. The molecule has 1 aliphatic heterocycles. The number of ether oxygens (including phenoxy) is 1. The predicted molar refractivity (Wildman–Crippen MR) is 101 cm³/mol. The van der Waals surface area contributed by atoms with Crippen molar-refractivity contribution in [2.75, 3.05) is 0 Å². The number of aryl methyl sites for hydroxylation is 3. The van der Waals surface area contributed by atoms with Crippen LogP contribution in [-0.4, -0.2) is 16.1 Å². The van der Waals surface area contributed by atoms with Gasteiger partial charge in [0, 0.05) is 23.2 Å². The lowest BCUT2D eigenvalue weighted by Crippen LogP contribution is -2.13. The monoisotopic (exact) mass is 376 g/mol. The highest BCUT2D eigenvalue weighted by Gasteiger charge is 2.23. The number of fused-ring (bicyclic) bond motifs is 1. The molecule has 3 aromatic rings. The smallest absolute Gasteiger partial charge is 0.123 e. The van der Waals surface area contributed by atoms with Gasteiger partial charge in [0.1, 0.15) is 11.9 Å². The van der Waals surface area contributed by atoms with E-state index in [9.17, 15) is 0 Å². The third-order valence-corrected chi connectivity index (χ3v) is 6.37. The Kier molecular flexibility index (Phi) is 4.33. The van der Waals surface area contributed by atoms with Crippen molar-refractivity contribution in [3.63, 3.8) is 0 Å². The van der Waals surface area contributed by atoms with E-state index in [0.29, 0.717) is 0 Å². The second-order valence-electron chi connectivity index (χ2n) is 6.01. The Morgan fingerprint density at radius 3 is 2.96 bits per heavy atom. The topological polar surface area (TPSA) is 35.0 Å². The molecule has 0 saturated carbocycles. The van der Waals surface area contributed by atoms with Gasteiger partial charge in [0.15, 0.2) is 0 Å². The quantitative estimate of drug-likeness (QED) is 0.605. The summed E-state index contributed by atoms with van der Waals surface area (Å²) >= 11 is 9.49. The van der Waals surface area contributed by atoms with Crippen molar-refractivity contribution >= 4 is 34.3 Å². The van der Waals surface area contributed by atoms with Crippen LogP contribution in [0.3, 0.4) is 0 Å². The normalized spacial score (nSPS) is 16.2. The third-order valence-electron chi connectivity index (χ3n) is 4.13. The lowest BCUT2D eigenvalue weighted by molar-refractivity contribution is 0.222. The van der Waals surface area contributed by atoms with Gasteiger partial charge < -0.3 is 4.74 Å². The Bertz CT molecular complexity index is 887. The van der Waals surface area contributed by atoms with Crippen molar-refractivity contribution in [3.8, 4) is 16.3 Å². The fourth-order valence-corrected chi connectivity index (χ4v) is 4.99. The molecule has 1 atom stereocenters. The van der Waals surface area contributed by atoms with Crippen LogP contribution in [0.25, 0.3) is 10.6 Å². The molecule has 1 aliphatic rings. The highest BCUT2D eigenvalue weighted by Crippen LogP contribution is 2.34. The van der Waals surface area contributed by atoms with Crippen molar-refractivity contribution < 1.29 is 4.74 Å². The molecule has 124 valence electrons. The number of halogens is 1. The van der Waals surface area contributed by atoms with E-state index < -0.39 is 0 Å². The molecule has 0 N–H and O–H groups in total. The predicted octanol–water partition coefficient (Wildman–Crippen LogP) is 5.47. The highest BCUT2D eigenvalue weighted by atomic mass is 35.5. The summed E-state index contributed by atoms with van der Waals surface area (Å²) in [6.07, 6.45) is 3.06. The summed E-state index contributed by atoms with van der Waals surface area (Å²) in [6, 6.07) is 5.86. The lowest BCUT2D eigenvalue weighted by atomic mass is 10.1. The minimum atomic E-state index is 0.221. The number of nitrogens with zero attached hydrogens (tertiary/aromatic N) is 2. The van der Waals surface area contributed by atoms with E-state index in [1.165, 1.54) is 10.4 Å². The van der Waals surface area contributed by atoms with E-state index in [1.807, 2.05) is 32.0 Å². The summed E-state index contributed by atoms with van der Waals surface area (Å²) in [6.45, 7) is 4.09. The Balaban J connectivity index is 1.40. The van der Waals surface area contributed by atoms with Crippen LogP contribution in [-0.2, 0) is 12.8 Å². The minimum Gasteiger partial charge on any atom is -0.490 e. The molecule has 24 heavy (non-hydrogen) atoms. The van der Waals surface area contributed by atoms with E-state index in [2.05, 4.69) is 10.4 Å². The van der Waals surface area contributed by atoms with Crippen LogP contribution in [0.15, 0.2) is 23.6 Å². The molecule has 3 heterocycles. The van der Waals surface area contributed by atoms with Gasteiger partial charge in [-0.05, 0) is 44.0 Å². The van der Waals surface area contributed by atoms with E-state index in [-0.39, 0.29) is 6.10 Å². The second kappa shape index (κ2) is 6.47. The maximum absolute atomic E-state index is 6.05. The molecule has 3 nitrogen and oxygen atoms in total. The first kappa shape index (κ1) is 16.1. The Hall–Kier alpha value is -1.43. The lowest BCUT2D eigenvalue weighted by Gasteiger charge is -2.08. The zero-order valence-electron chi connectivity index (χ0n) is 13.5. The molecule has 1 unspecified atom stereocenters. The molecule has 0 saturated heterocycles. The average molecular weight is 377 g/mol. The average Bonchev–Trinajstić information content (AvgIpc) is 3.23. The highest BCUT2D eigenvalue weighted by molar-refractivity contribution is 7.15. The molecule has 0 bridgehead atoms. The largest absolute Gasteiger partial charge is 0.490 e. The molecule has 0 spiro atoms. The van der Waals surface area contributed by atoms with Crippen molar-refractivity contribution in [1.29, 1.82) is 0 Å². The first-order valence-electron chi connectivity index (χ1n) is 7.92. The van der Waals surface area contributed by atoms with E-state index >= 15 is 0 Å². The maximum atomic E-state index is 6.05. The van der Waals surface area contributed by atoms with Crippen LogP contribution in [0.5, 0.6) is 5.75 Å². The van der Waals surface area contributed by atoms with Gasteiger partial charge >= 0.3 is 0 Å². The van der Waals surface area contributed by atoms with Gasteiger partial charge in [-0.2, -0.15) is 0 Å². The zero-order chi connectivity index (χ0) is 16.7. The molecular formula is C18H17ClN2OS2. The summed E-state index contributed by atoms with van der Waals surface area (Å²) in [5.41, 5.74) is 3.34. The van der Waals surface area contributed by atoms with E-state index in [1.54, 1.807) is 22.7 Å². The summed E-state index contributed by atoms with van der Waals surface area (Å²) < 4.78 is 6.01. The van der Waals surface area contributed by atoms with E-state index in [4.69, 9.17) is 21.3 Å². The number of thiazole rings is 2. The number of hydrogen-bond donors (Lipinski definition) is 0. The van der Waals surface area contributed by atoms with Gasteiger partial charge in [0.25, 0.3) is 0 Å². The fourth-order valence-electron chi connectivity index (χ4n) is 3.03. The Morgan fingerprint density at radius 2 is 2.17 bits per heavy atom. The van der Waals surface area contributed by atoms with Gasteiger partial charge in [-0.3, -0.25) is 0 Å². The van der Waals surface area contributed by atoms with Crippen LogP contribution >= 0.6 is 34.3 Å². The van der Waals surface area contributed by atoms with Gasteiger partial charge in [-0.25, -0.2) is 9.97 Å². The SMILES string of the molecule is Cc1nc(C)c(-c2csc(CCC3Cc4cc(Cl)ccc4O3)n2)s1. The second-order valence-corrected chi connectivity index (χ2v) is 8.59. The van der Waals surface area contributed by atoms with Gasteiger partial charge in [-0.15, -0.1) is 22.7 Å². The van der Waals surface area contributed by atoms with Crippen molar-refractivity contribution in [2.45, 2.75) is 39.2 Å². The Morgan fingerprint density at radius 1 is 1.29 bits per heavy atom. The maximum Gasteiger partial charge on any atom is 0.123 e. The molecule has 1 aromatic carbocycles. The molecule has 0 fully saturated rings. The van der Waals surface area contributed by atoms with Crippen LogP contribution in [0.2, 0.25) is 5.02 Å². The van der Waals surface area contributed by atoms with Crippen molar-refractivity contribution in [2.24, 2.45) is 0 Å². The van der Waals surface area contributed by atoms with Gasteiger partial charge in [0.05, 0.1) is 26.3 Å². The molecule has 0 amide bonds. The van der Waals surface area contributed by atoms with Gasteiger partial charge in [-0.1, -0.05) is 11.6 Å². The fraction of sp³-hybridized carbons (Fsp3) is 0.333. The number of benzene rings is 1.